The van der Waals surface area contributed by atoms with E-state index in [0.29, 0.717) is 22.7 Å². The second kappa shape index (κ2) is 6.27. The highest BCUT2D eigenvalue weighted by molar-refractivity contribution is 5.94. The minimum Gasteiger partial charge on any atom is -0.419 e. The van der Waals surface area contributed by atoms with E-state index in [0.717, 1.165) is 0 Å². The number of ketones is 1. The van der Waals surface area contributed by atoms with Crippen LogP contribution in [0.5, 0.6) is 11.5 Å². The Morgan fingerprint density at radius 3 is 2.48 bits per heavy atom. The molecule has 0 amide bonds. The maximum atomic E-state index is 11.2. The molecule has 0 aromatic heterocycles. The van der Waals surface area contributed by atoms with E-state index in [-0.39, 0.29) is 11.5 Å². The molecular weight excluding hydrogens is 300 g/mol. The standard InChI is InChI=1S/C16H12N2O5/c1-10(19)11-2-4-12(5-3-11)17-9-21-16-22-14-7-6-13(18-20)8-15(14)23-16/h2-9,16H,1H3. The average molecular weight is 312 g/mol. The van der Waals surface area contributed by atoms with E-state index in [1.54, 1.807) is 30.3 Å². The second-order valence-corrected chi connectivity index (χ2v) is 4.72. The van der Waals surface area contributed by atoms with Crippen LogP contribution in [0.25, 0.3) is 0 Å². The molecule has 1 atom stereocenters. The van der Waals surface area contributed by atoms with Gasteiger partial charge in [-0.2, -0.15) is 0 Å². The molecule has 2 aromatic carbocycles. The van der Waals surface area contributed by atoms with Crippen molar-refractivity contribution in [1.82, 2.24) is 0 Å². The van der Waals surface area contributed by atoms with Gasteiger partial charge in [0.25, 0.3) is 0 Å². The minimum atomic E-state index is -0.979. The van der Waals surface area contributed by atoms with Crippen LogP contribution in [-0.2, 0) is 4.74 Å². The zero-order valence-corrected chi connectivity index (χ0v) is 12.1. The summed E-state index contributed by atoms with van der Waals surface area (Å²) in [5.74, 6) is 0.833. The molecular formula is C16H12N2O5. The van der Waals surface area contributed by atoms with Gasteiger partial charge in [-0.25, -0.2) is 4.99 Å². The number of hydrogen-bond acceptors (Lipinski definition) is 7. The van der Waals surface area contributed by atoms with Crippen molar-refractivity contribution in [3.8, 4) is 11.5 Å². The Bertz CT molecular complexity index is 771. The van der Waals surface area contributed by atoms with E-state index >= 15 is 0 Å². The largest absolute Gasteiger partial charge is 0.419 e. The monoisotopic (exact) mass is 312 g/mol. The van der Waals surface area contributed by atoms with Gasteiger partial charge in [0.05, 0.1) is 5.69 Å². The highest BCUT2D eigenvalue weighted by Crippen LogP contribution is 2.37. The third-order valence-corrected chi connectivity index (χ3v) is 3.13. The Morgan fingerprint density at radius 1 is 1.09 bits per heavy atom. The fourth-order valence-corrected chi connectivity index (χ4v) is 1.95. The van der Waals surface area contributed by atoms with Gasteiger partial charge in [-0.05, 0) is 48.5 Å². The molecule has 2 aromatic rings. The molecule has 0 saturated carbocycles. The van der Waals surface area contributed by atoms with E-state index in [1.165, 1.54) is 25.5 Å². The van der Waals surface area contributed by atoms with Crippen molar-refractivity contribution in [3.05, 3.63) is 52.9 Å². The highest BCUT2D eigenvalue weighted by Gasteiger charge is 2.25. The number of nitroso groups, excluding NO2 is 1. The first kappa shape index (κ1) is 14.7. The molecule has 0 spiro atoms. The van der Waals surface area contributed by atoms with Crippen LogP contribution in [0.1, 0.15) is 17.3 Å². The van der Waals surface area contributed by atoms with Gasteiger partial charge in [0.1, 0.15) is 5.69 Å². The molecule has 0 aliphatic carbocycles. The molecule has 23 heavy (non-hydrogen) atoms. The van der Waals surface area contributed by atoms with Crippen molar-refractivity contribution in [2.24, 2.45) is 10.2 Å². The van der Waals surface area contributed by atoms with E-state index in [2.05, 4.69) is 10.2 Å². The van der Waals surface area contributed by atoms with Crippen molar-refractivity contribution < 1.29 is 19.0 Å². The summed E-state index contributed by atoms with van der Waals surface area (Å²) >= 11 is 0. The number of fused-ring (bicyclic) bond motifs is 1. The molecule has 1 unspecified atom stereocenters. The fourth-order valence-electron chi connectivity index (χ4n) is 1.95. The summed E-state index contributed by atoms with van der Waals surface area (Å²) in [6.45, 7) is 0.520. The third kappa shape index (κ3) is 3.34. The number of aliphatic imine (C=N–C) groups is 1. The summed E-state index contributed by atoms with van der Waals surface area (Å²) in [5, 5.41) is 2.82. The molecule has 1 aliphatic heterocycles. The third-order valence-electron chi connectivity index (χ3n) is 3.13. The van der Waals surface area contributed by atoms with Gasteiger partial charge < -0.3 is 14.2 Å². The number of Topliss-reactive ketones (excluding diaryl/α,β-unsaturated/α-hetero) is 1. The van der Waals surface area contributed by atoms with Crippen molar-refractivity contribution >= 4 is 23.6 Å². The van der Waals surface area contributed by atoms with Crippen molar-refractivity contribution in [2.45, 2.75) is 13.4 Å². The molecule has 116 valence electrons. The van der Waals surface area contributed by atoms with Crippen molar-refractivity contribution in [2.75, 3.05) is 0 Å². The molecule has 0 radical (unpaired) electrons. The van der Waals surface area contributed by atoms with Crippen LogP contribution in [0.3, 0.4) is 0 Å². The molecule has 1 aliphatic rings. The second-order valence-electron chi connectivity index (χ2n) is 4.72. The summed E-state index contributed by atoms with van der Waals surface area (Å²) in [4.78, 5) is 25.7. The Kier molecular flexibility index (Phi) is 4.01. The van der Waals surface area contributed by atoms with Gasteiger partial charge in [-0.1, -0.05) is 0 Å². The number of nitrogens with zero attached hydrogens (tertiary/aromatic N) is 2. The van der Waals surface area contributed by atoms with Crippen molar-refractivity contribution in [3.63, 3.8) is 0 Å². The number of carbonyl (C=O) groups is 1. The quantitative estimate of drug-likeness (QED) is 0.363. The molecule has 0 bridgehead atoms. The summed E-state index contributed by atoms with van der Waals surface area (Å²) in [7, 11) is 0. The lowest BCUT2D eigenvalue weighted by Crippen LogP contribution is -2.21. The number of carbonyl (C=O) groups excluding carboxylic acids is 1. The van der Waals surface area contributed by atoms with Gasteiger partial charge in [-0.15, -0.1) is 4.91 Å². The lowest BCUT2D eigenvalue weighted by atomic mass is 10.1. The zero-order chi connectivity index (χ0) is 16.2. The van der Waals surface area contributed by atoms with Gasteiger partial charge in [0, 0.05) is 11.6 Å². The van der Waals surface area contributed by atoms with Crippen LogP contribution in [0.15, 0.2) is 52.6 Å². The van der Waals surface area contributed by atoms with Gasteiger partial charge >= 0.3 is 6.48 Å². The fraction of sp³-hybridized carbons (Fsp3) is 0.125. The summed E-state index contributed by atoms with van der Waals surface area (Å²) in [5.41, 5.74) is 1.48. The zero-order valence-electron chi connectivity index (χ0n) is 12.1. The molecule has 3 rings (SSSR count). The first-order valence-electron chi connectivity index (χ1n) is 6.75. The minimum absolute atomic E-state index is 0.00789. The number of rotatable bonds is 5. The maximum Gasteiger partial charge on any atom is 0.407 e. The molecule has 1 heterocycles. The van der Waals surface area contributed by atoms with Gasteiger partial charge in [0.15, 0.2) is 23.7 Å². The Morgan fingerprint density at radius 2 is 1.78 bits per heavy atom. The van der Waals surface area contributed by atoms with E-state index in [9.17, 15) is 9.70 Å². The molecule has 7 heteroatoms. The highest BCUT2D eigenvalue weighted by atomic mass is 16.9. The molecule has 0 fully saturated rings. The maximum absolute atomic E-state index is 11.2. The molecule has 7 nitrogen and oxygen atoms in total. The van der Waals surface area contributed by atoms with Crippen LogP contribution in [0.2, 0.25) is 0 Å². The smallest absolute Gasteiger partial charge is 0.407 e. The Labute approximate surface area is 131 Å². The van der Waals surface area contributed by atoms with Crippen LogP contribution < -0.4 is 9.47 Å². The number of hydrogen-bond donors (Lipinski definition) is 0. The van der Waals surface area contributed by atoms with Crippen LogP contribution >= 0.6 is 0 Å². The predicted octanol–water partition coefficient (Wildman–Crippen LogP) is 3.72. The van der Waals surface area contributed by atoms with E-state index in [4.69, 9.17) is 14.2 Å². The lowest BCUT2D eigenvalue weighted by Gasteiger charge is -2.07. The Balaban J connectivity index is 1.59. The first-order chi connectivity index (χ1) is 11.2. The van der Waals surface area contributed by atoms with Crippen LogP contribution in [0.4, 0.5) is 11.4 Å². The lowest BCUT2D eigenvalue weighted by molar-refractivity contribution is -0.117. The van der Waals surface area contributed by atoms with Crippen LogP contribution in [0, 0.1) is 4.91 Å². The van der Waals surface area contributed by atoms with E-state index in [1.807, 2.05) is 0 Å². The van der Waals surface area contributed by atoms with Crippen molar-refractivity contribution in [1.29, 1.82) is 0 Å². The summed E-state index contributed by atoms with van der Waals surface area (Å²) in [6.07, 6.45) is 1.19. The first-order valence-corrected chi connectivity index (χ1v) is 6.75. The van der Waals surface area contributed by atoms with Crippen LogP contribution in [-0.4, -0.2) is 18.7 Å². The normalized spacial score (nSPS) is 15.6. The number of benzene rings is 2. The van der Waals surface area contributed by atoms with E-state index < -0.39 is 6.48 Å². The predicted molar refractivity (Wildman–Crippen MR) is 82.6 cm³/mol. The number of ether oxygens (including phenoxy) is 3. The molecule has 0 saturated heterocycles. The van der Waals surface area contributed by atoms with Gasteiger partial charge in [0.2, 0.25) is 0 Å². The Hall–Kier alpha value is -3.22. The molecule has 0 N–H and O–H groups in total. The topological polar surface area (TPSA) is 86.5 Å². The van der Waals surface area contributed by atoms with Gasteiger partial charge in [-0.3, -0.25) is 4.79 Å². The summed E-state index contributed by atoms with van der Waals surface area (Å²) in [6, 6.07) is 11.3. The SMILES string of the molecule is CC(=O)c1ccc(N=COC2Oc3ccc(N=O)cc3O2)cc1. The average Bonchev–Trinajstić information content (AvgIpc) is 2.97. The summed E-state index contributed by atoms with van der Waals surface area (Å²) < 4.78 is 16.0.